The summed E-state index contributed by atoms with van der Waals surface area (Å²) < 4.78 is 7.26. The first-order chi connectivity index (χ1) is 11.0. The van der Waals surface area contributed by atoms with Crippen molar-refractivity contribution in [3.63, 3.8) is 0 Å². The van der Waals surface area contributed by atoms with Crippen molar-refractivity contribution in [2.24, 2.45) is 7.05 Å². The van der Waals surface area contributed by atoms with Gasteiger partial charge in [-0.1, -0.05) is 18.2 Å². The molecule has 2 unspecified atom stereocenters. The van der Waals surface area contributed by atoms with Gasteiger partial charge in [-0.25, -0.2) is 0 Å². The molecule has 6 heteroatoms. The number of carboxylic acid groups (broad SMARTS) is 1. The van der Waals surface area contributed by atoms with Crippen LogP contribution in [0.5, 0.6) is 0 Å². The molecule has 2 heterocycles. The lowest BCUT2D eigenvalue weighted by Gasteiger charge is -2.23. The molecule has 1 aromatic carbocycles. The summed E-state index contributed by atoms with van der Waals surface area (Å²) >= 11 is 0. The van der Waals surface area contributed by atoms with Gasteiger partial charge in [0.05, 0.1) is 18.1 Å². The van der Waals surface area contributed by atoms with E-state index in [1.54, 1.807) is 12.0 Å². The molecule has 2 atom stereocenters. The molecule has 1 N–H and O–H groups in total. The van der Waals surface area contributed by atoms with Crippen LogP contribution in [0.25, 0.3) is 10.9 Å². The highest BCUT2D eigenvalue weighted by Gasteiger charge is 2.37. The highest BCUT2D eigenvalue weighted by molar-refractivity contribution is 6.07. The first-order valence-electron chi connectivity index (χ1n) is 7.61. The predicted octanol–water partition coefficient (Wildman–Crippen LogP) is 1.88. The number of rotatable bonds is 4. The molecule has 122 valence electrons. The van der Waals surface area contributed by atoms with Gasteiger partial charge in [-0.2, -0.15) is 0 Å². The van der Waals surface area contributed by atoms with Crippen molar-refractivity contribution in [1.29, 1.82) is 0 Å². The molecule has 1 aliphatic heterocycles. The zero-order valence-electron chi connectivity index (χ0n) is 13.2. The molecule has 23 heavy (non-hydrogen) atoms. The fourth-order valence-electron chi connectivity index (χ4n) is 3.36. The number of hydrogen-bond acceptors (Lipinski definition) is 3. The monoisotopic (exact) mass is 316 g/mol. The van der Waals surface area contributed by atoms with Gasteiger partial charge >= 0.3 is 5.97 Å². The van der Waals surface area contributed by atoms with Gasteiger partial charge in [0, 0.05) is 43.8 Å². The zero-order chi connectivity index (χ0) is 16.6. The number of ether oxygens (including phenoxy) is 1. The SMILES string of the molecule is COC1CC(CC(=O)O)N(C(=O)c2cn(C)c3ccccc23)C1. The number of methoxy groups -OCH3 is 1. The van der Waals surface area contributed by atoms with E-state index in [1.807, 2.05) is 42.1 Å². The third-order valence-electron chi connectivity index (χ3n) is 4.51. The Morgan fingerprint density at radius 1 is 1.35 bits per heavy atom. The van der Waals surface area contributed by atoms with Crippen molar-refractivity contribution >= 4 is 22.8 Å². The second-order valence-corrected chi connectivity index (χ2v) is 5.97. The van der Waals surface area contributed by atoms with E-state index in [2.05, 4.69) is 0 Å². The Kier molecular flexibility index (Phi) is 4.09. The van der Waals surface area contributed by atoms with Gasteiger partial charge < -0.3 is 19.3 Å². The Hall–Kier alpha value is -2.34. The molecular formula is C17H20N2O4. The van der Waals surface area contributed by atoms with Crippen LogP contribution < -0.4 is 0 Å². The van der Waals surface area contributed by atoms with E-state index in [0.29, 0.717) is 18.5 Å². The third-order valence-corrected chi connectivity index (χ3v) is 4.51. The Labute approximate surface area is 134 Å². The van der Waals surface area contributed by atoms with E-state index >= 15 is 0 Å². The molecule has 1 fully saturated rings. The minimum Gasteiger partial charge on any atom is -0.481 e. The van der Waals surface area contributed by atoms with Crippen LogP contribution in [0.1, 0.15) is 23.2 Å². The Bertz CT molecular complexity index is 752. The van der Waals surface area contributed by atoms with Crippen LogP contribution >= 0.6 is 0 Å². The zero-order valence-corrected chi connectivity index (χ0v) is 13.2. The standard InChI is InChI=1S/C17H20N2O4/c1-18-10-14(13-5-3-4-6-15(13)18)17(22)19-9-12(23-2)7-11(19)8-16(20)21/h3-6,10-12H,7-9H2,1-2H3,(H,20,21). The average molecular weight is 316 g/mol. The second-order valence-electron chi connectivity index (χ2n) is 5.97. The number of para-hydroxylation sites is 1. The van der Waals surface area contributed by atoms with Crippen LogP contribution in [0, 0.1) is 0 Å². The van der Waals surface area contributed by atoms with Crippen molar-refractivity contribution in [1.82, 2.24) is 9.47 Å². The summed E-state index contributed by atoms with van der Waals surface area (Å²) in [5.41, 5.74) is 1.59. The van der Waals surface area contributed by atoms with Gasteiger partial charge in [0.1, 0.15) is 0 Å². The molecule has 0 radical (unpaired) electrons. The first-order valence-corrected chi connectivity index (χ1v) is 7.61. The van der Waals surface area contributed by atoms with Gasteiger partial charge in [-0.3, -0.25) is 9.59 Å². The number of carboxylic acids is 1. The maximum Gasteiger partial charge on any atom is 0.305 e. The summed E-state index contributed by atoms with van der Waals surface area (Å²) in [4.78, 5) is 25.7. The van der Waals surface area contributed by atoms with Gasteiger partial charge in [-0.05, 0) is 12.5 Å². The van der Waals surface area contributed by atoms with Gasteiger partial charge in [0.15, 0.2) is 0 Å². The third kappa shape index (κ3) is 2.82. The Morgan fingerprint density at radius 3 is 2.78 bits per heavy atom. The van der Waals surface area contributed by atoms with Crippen molar-refractivity contribution in [3.05, 3.63) is 36.0 Å². The normalized spacial score (nSPS) is 21.0. The summed E-state index contributed by atoms with van der Waals surface area (Å²) in [6, 6.07) is 7.38. The first kappa shape index (κ1) is 15.6. The van der Waals surface area contributed by atoms with Crippen LogP contribution in [0.2, 0.25) is 0 Å². The van der Waals surface area contributed by atoms with E-state index in [4.69, 9.17) is 9.84 Å². The molecule has 0 saturated carbocycles. The number of benzene rings is 1. The Balaban J connectivity index is 1.95. The molecular weight excluding hydrogens is 296 g/mol. The highest BCUT2D eigenvalue weighted by atomic mass is 16.5. The number of aryl methyl sites for hydroxylation is 1. The summed E-state index contributed by atoms with van der Waals surface area (Å²) in [5.74, 6) is -1.03. The molecule has 3 rings (SSSR count). The van der Waals surface area contributed by atoms with Crippen LogP contribution in [0.4, 0.5) is 0 Å². The maximum atomic E-state index is 13.0. The number of aromatic nitrogens is 1. The molecule has 6 nitrogen and oxygen atoms in total. The summed E-state index contributed by atoms with van der Waals surface area (Å²) in [6.45, 7) is 0.427. The number of amides is 1. The molecule has 2 aromatic rings. The maximum absolute atomic E-state index is 13.0. The number of likely N-dealkylation sites (tertiary alicyclic amines) is 1. The molecule has 0 spiro atoms. The molecule has 0 aliphatic carbocycles. The quantitative estimate of drug-likeness (QED) is 0.935. The largest absolute Gasteiger partial charge is 0.481 e. The molecule has 1 amide bonds. The van der Waals surface area contributed by atoms with Crippen molar-refractivity contribution < 1.29 is 19.4 Å². The topological polar surface area (TPSA) is 71.8 Å². The smallest absolute Gasteiger partial charge is 0.305 e. The van der Waals surface area contributed by atoms with E-state index in [-0.39, 0.29) is 24.5 Å². The summed E-state index contributed by atoms with van der Waals surface area (Å²) in [5, 5.41) is 9.98. The van der Waals surface area contributed by atoms with Gasteiger partial charge in [0.25, 0.3) is 5.91 Å². The van der Waals surface area contributed by atoms with Crippen molar-refractivity contribution in [2.45, 2.75) is 25.0 Å². The van der Waals surface area contributed by atoms with E-state index < -0.39 is 5.97 Å². The predicted molar refractivity (Wildman–Crippen MR) is 85.4 cm³/mol. The molecule has 0 bridgehead atoms. The minimum atomic E-state index is -0.900. The summed E-state index contributed by atoms with van der Waals surface area (Å²) in [7, 11) is 3.49. The molecule has 1 aliphatic rings. The number of hydrogen-bond donors (Lipinski definition) is 1. The fourth-order valence-corrected chi connectivity index (χ4v) is 3.36. The number of aliphatic carboxylic acids is 1. The Morgan fingerprint density at radius 2 is 2.09 bits per heavy atom. The lowest BCUT2D eigenvalue weighted by Crippen LogP contribution is -2.37. The minimum absolute atomic E-state index is 0.0592. The van der Waals surface area contributed by atoms with E-state index in [0.717, 1.165) is 10.9 Å². The number of carbonyl (C=O) groups is 2. The average Bonchev–Trinajstić information content (AvgIpc) is 3.08. The van der Waals surface area contributed by atoms with Crippen molar-refractivity contribution in [2.75, 3.05) is 13.7 Å². The van der Waals surface area contributed by atoms with Crippen LogP contribution in [-0.2, 0) is 16.6 Å². The lowest BCUT2D eigenvalue weighted by atomic mass is 10.1. The van der Waals surface area contributed by atoms with Crippen molar-refractivity contribution in [3.8, 4) is 0 Å². The van der Waals surface area contributed by atoms with E-state index in [9.17, 15) is 9.59 Å². The number of fused-ring (bicyclic) bond motifs is 1. The van der Waals surface area contributed by atoms with Crippen LogP contribution in [-0.4, -0.2) is 52.3 Å². The second kappa shape index (κ2) is 6.04. The molecule has 1 saturated heterocycles. The summed E-state index contributed by atoms with van der Waals surface area (Å²) in [6.07, 6.45) is 2.19. The highest BCUT2D eigenvalue weighted by Crippen LogP contribution is 2.28. The fraction of sp³-hybridized carbons (Fsp3) is 0.412. The van der Waals surface area contributed by atoms with E-state index in [1.165, 1.54) is 0 Å². The lowest BCUT2D eigenvalue weighted by molar-refractivity contribution is -0.137. The molecule has 1 aromatic heterocycles. The number of nitrogens with zero attached hydrogens (tertiary/aromatic N) is 2. The van der Waals surface area contributed by atoms with Gasteiger partial charge in [-0.15, -0.1) is 0 Å². The van der Waals surface area contributed by atoms with Crippen LogP contribution in [0.3, 0.4) is 0 Å². The number of carbonyl (C=O) groups excluding carboxylic acids is 1. The van der Waals surface area contributed by atoms with Crippen LogP contribution in [0.15, 0.2) is 30.5 Å². The van der Waals surface area contributed by atoms with Gasteiger partial charge in [0.2, 0.25) is 0 Å².